The minimum absolute atomic E-state index is 0.148. The highest BCUT2D eigenvalue weighted by Gasteiger charge is 2.18. The van der Waals surface area contributed by atoms with Crippen LogP contribution in [-0.4, -0.2) is 27.9 Å². The van der Waals surface area contributed by atoms with Crippen LogP contribution in [-0.2, 0) is 16.6 Å². The first-order valence-corrected chi connectivity index (χ1v) is 5.44. The second kappa shape index (κ2) is 4.48. The molecule has 18 heavy (non-hydrogen) atoms. The fourth-order valence-electron chi connectivity index (χ4n) is 1.69. The monoisotopic (exact) mass is 248 g/mol. The van der Waals surface area contributed by atoms with Crippen molar-refractivity contribution in [1.82, 2.24) is 9.55 Å². The number of rotatable bonds is 3. The van der Waals surface area contributed by atoms with Crippen molar-refractivity contribution in [3.63, 3.8) is 0 Å². The Labute approximate surface area is 102 Å². The Morgan fingerprint density at radius 1 is 1.39 bits per heavy atom. The number of esters is 1. The molecule has 0 fully saturated rings. The molecule has 6 nitrogen and oxygen atoms in total. The molecule has 1 N–H and O–H groups in total. The molecule has 1 aromatic carbocycles. The molecular weight excluding hydrogens is 236 g/mol. The third-order valence-electron chi connectivity index (χ3n) is 2.63. The SMILES string of the molecule is CCOC(=O)C(=O)c1ccc2c(c1)[nH]c(=O)n2C. The molecule has 0 spiro atoms. The van der Waals surface area contributed by atoms with Crippen LogP contribution in [0.2, 0.25) is 0 Å². The van der Waals surface area contributed by atoms with Crippen LogP contribution in [0.15, 0.2) is 23.0 Å². The van der Waals surface area contributed by atoms with Crippen molar-refractivity contribution in [1.29, 1.82) is 0 Å². The Balaban J connectivity index is 2.45. The average molecular weight is 248 g/mol. The minimum atomic E-state index is -0.893. The lowest BCUT2D eigenvalue weighted by Crippen LogP contribution is -2.17. The van der Waals surface area contributed by atoms with Crippen LogP contribution in [0.3, 0.4) is 0 Å². The van der Waals surface area contributed by atoms with Crippen LogP contribution >= 0.6 is 0 Å². The Kier molecular flexibility index (Phi) is 3.01. The first-order chi connectivity index (χ1) is 8.54. The number of carbonyl (C=O) groups excluding carboxylic acids is 2. The number of H-pyrrole nitrogens is 1. The summed E-state index contributed by atoms with van der Waals surface area (Å²) in [4.78, 5) is 37.0. The largest absolute Gasteiger partial charge is 0.460 e. The van der Waals surface area contributed by atoms with Gasteiger partial charge in [0, 0.05) is 12.6 Å². The van der Waals surface area contributed by atoms with Gasteiger partial charge in [0.25, 0.3) is 5.78 Å². The van der Waals surface area contributed by atoms with Crippen molar-refractivity contribution in [2.45, 2.75) is 6.92 Å². The Morgan fingerprint density at radius 3 is 2.78 bits per heavy atom. The van der Waals surface area contributed by atoms with Gasteiger partial charge in [-0.3, -0.25) is 9.36 Å². The van der Waals surface area contributed by atoms with E-state index in [0.29, 0.717) is 11.0 Å². The standard InChI is InChI=1S/C12H12N2O4/c1-3-18-11(16)10(15)7-4-5-9-8(6-7)13-12(17)14(9)2/h4-6H,3H2,1-2H3,(H,13,17). The number of ether oxygens (including phenoxy) is 1. The van der Waals surface area contributed by atoms with Gasteiger partial charge in [-0.1, -0.05) is 0 Å². The molecule has 1 heterocycles. The van der Waals surface area contributed by atoms with Crippen molar-refractivity contribution in [3.8, 4) is 0 Å². The smallest absolute Gasteiger partial charge is 0.379 e. The van der Waals surface area contributed by atoms with Gasteiger partial charge in [-0.05, 0) is 25.1 Å². The van der Waals surface area contributed by atoms with E-state index in [1.165, 1.54) is 16.7 Å². The average Bonchev–Trinajstić information content (AvgIpc) is 2.64. The van der Waals surface area contributed by atoms with Gasteiger partial charge >= 0.3 is 11.7 Å². The first kappa shape index (κ1) is 12.1. The highest BCUT2D eigenvalue weighted by molar-refractivity contribution is 6.40. The number of aromatic nitrogens is 2. The van der Waals surface area contributed by atoms with E-state index in [1.54, 1.807) is 20.0 Å². The summed E-state index contributed by atoms with van der Waals surface area (Å²) < 4.78 is 6.06. The van der Waals surface area contributed by atoms with Crippen LogP contribution in [0, 0.1) is 0 Å². The van der Waals surface area contributed by atoms with E-state index in [-0.39, 0.29) is 17.9 Å². The first-order valence-electron chi connectivity index (χ1n) is 5.44. The van der Waals surface area contributed by atoms with Gasteiger partial charge < -0.3 is 9.72 Å². The summed E-state index contributed by atoms with van der Waals surface area (Å²) >= 11 is 0. The van der Waals surface area contributed by atoms with Crippen molar-refractivity contribution in [3.05, 3.63) is 34.2 Å². The summed E-state index contributed by atoms with van der Waals surface area (Å²) in [5, 5.41) is 0. The topological polar surface area (TPSA) is 81.2 Å². The van der Waals surface area contributed by atoms with Crippen molar-refractivity contribution in [2.24, 2.45) is 7.05 Å². The van der Waals surface area contributed by atoms with Crippen LogP contribution in [0.5, 0.6) is 0 Å². The van der Waals surface area contributed by atoms with E-state index in [4.69, 9.17) is 0 Å². The highest BCUT2D eigenvalue weighted by Crippen LogP contribution is 2.12. The zero-order chi connectivity index (χ0) is 13.3. The van der Waals surface area contributed by atoms with Crippen LogP contribution in [0.1, 0.15) is 17.3 Å². The second-order valence-electron chi connectivity index (χ2n) is 3.77. The van der Waals surface area contributed by atoms with Crippen molar-refractivity contribution in [2.75, 3.05) is 6.61 Å². The molecular formula is C12H12N2O4. The number of hydrogen-bond acceptors (Lipinski definition) is 4. The number of imidazole rings is 1. The van der Waals surface area contributed by atoms with Gasteiger partial charge in [0.05, 0.1) is 17.6 Å². The molecule has 2 rings (SSSR count). The molecule has 1 aromatic heterocycles. The number of nitrogens with zero attached hydrogens (tertiary/aromatic N) is 1. The Hall–Kier alpha value is -2.37. The van der Waals surface area contributed by atoms with Crippen molar-refractivity contribution >= 4 is 22.8 Å². The second-order valence-corrected chi connectivity index (χ2v) is 3.77. The summed E-state index contributed by atoms with van der Waals surface area (Å²) in [5.41, 5.74) is 1.10. The van der Waals surface area contributed by atoms with E-state index >= 15 is 0 Å². The number of ketones is 1. The number of Topliss-reactive ketones (excluding diaryl/α,β-unsaturated/α-hetero) is 1. The number of aromatic amines is 1. The predicted octanol–water partition coefficient (Wildman–Crippen LogP) is 0.612. The van der Waals surface area contributed by atoms with Gasteiger partial charge in [0.1, 0.15) is 0 Å². The van der Waals surface area contributed by atoms with E-state index in [1.807, 2.05) is 0 Å². The molecule has 0 atom stereocenters. The maximum absolute atomic E-state index is 11.7. The number of hydrogen-bond donors (Lipinski definition) is 1. The lowest BCUT2D eigenvalue weighted by molar-refractivity contribution is -0.137. The molecule has 6 heteroatoms. The third kappa shape index (κ3) is 1.92. The summed E-state index contributed by atoms with van der Waals surface area (Å²) in [6.07, 6.45) is 0. The Morgan fingerprint density at radius 2 is 2.11 bits per heavy atom. The summed E-state index contributed by atoms with van der Waals surface area (Å²) in [5.74, 6) is -1.61. The maximum Gasteiger partial charge on any atom is 0.379 e. The molecule has 0 radical (unpaired) electrons. The van der Waals surface area contributed by atoms with Gasteiger partial charge in [0.2, 0.25) is 0 Å². The molecule has 0 aliphatic heterocycles. The number of carbonyl (C=O) groups is 2. The highest BCUT2D eigenvalue weighted by atomic mass is 16.5. The van der Waals surface area contributed by atoms with Gasteiger partial charge in [-0.2, -0.15) is 0 Å². The van der Waals surface area contributed by atoms with E-state index in [2.05, 4.69) is 9.72 Å². The lowest BCUT2D eigenvalue weighted by Gasteiger charge is -2.01. The number of benzene rings is 1. The van der Waals surface area contributed by atoms with Gasteiger partial charge in [0.15, 0.2) is 0 Å². The fraction of sp³-hybridized carbons (Fsp3) is 0.250. The van der Waals surface area contributed by atoms with Crippen molar-refractivity contribution < 1.29 is 14.3 Å². The number of nitrogens with one attached hydrogen (secondary N) is 1. The molecule has 0 aliphatic rings. The predicted molar refractivity (Wildman–Crippen MR) is 64.5 cm³/mol. The lowest BCUT2D eigenvalue weighted by atomic mass is 10.1. The third-order valence-corrected chi connectivity index (χ3v) is 2.63. The molecule has 0 saturated carbocycles. The van der Waals surface area contributed by atoms with Gasteiger partial charge in [-0.25, -0.2) is 9.59 Å². The molecule has 0 aliphatic carbocycles. The molecule has 0 saturated heterocycles. The van der Waals surface area contributed by atoms with Gasteiger partial charge in [-0.15, -0.1) is 0 Å². The summed E-state index contributed by atoms with van der Waals surface area (Å²) in [7, 11) is 1.62. The molecule has 0 amide bonds. The van der Waals surface area contributed by atoms with E-state index in [9.17, 15) is 14.4 Å². The summed E-state index contributed by atoms with van der Waals surface area (Å²) in [6, 6.07) is 4.57. The normalized spacial score (nSPS) is 10.6. The van der Waals surface area contributed by atoms with E-state index in [0.717, 1.165) is 0 Å². The van der Waals surface area contributed by atoms with Crippen LogP contribution in [0.4, 0.5) is 0 Å². The zero-order valence-corrected chi connectivity index (χ0v) is 10.0. The zero-order valence-electron chi connectivity index (χ0n) is 10.0. The molecule has 0 bridgehead atoms. The maximum atomic E-state index is 11.7. The van der Waals surface area contributed by atoms with Crippen LogP contribution < -0.4 is 5.69 Å². The quantitative estimate of drug-likeness (QED) is 0.490. The summed E-state index contributed by atoms with van der Waals surface area (Å²) in [6.45, 7) is 1.78. The molecule has 2 aromatic rings. The van der Waals surface area contributed by atoms with E-state index < -0.39 is 11.8 Å². The number of aryl methyl sites for hydroxylation is 1. The molecule has 94 valence electrons. The Bertz CT molecular complexity index is 681. The fourth-order valence-corrected chi connectivity index (χ4v) is 1.69. The van der Waals surface area contributed by atoms with Crippen LogP contribution in [0.25, 0.3) is 11.0 Å². The number of fused-ring (bicyclic) bond motifs is 1. The minimum Gasteiger partial charge on any atom is -0.460 e. The molecule has 0 unspecified atom stereocenters.